The number of carbonyl (C=O) groups is 1. The molecule has 7 heteroatoms. The number of amides is 2. The maximum Gasteiger partial charge on any atom is 0.321 e. The van der Waals surface area contributed by atoms with Gasteiger partial charge in [-0.3, -0.25) is 0 Å². The average Bonchev–Trinajstić information content (AvgIpc) is 3.42. The number of likely N-dealkylation sites (tertiary alicyclic amines) is 1. The third-order valence-electron chi connectivity index (χ3n) is 5.02. The minimum Gasteiger partial charge on any atom is -0.497 e. The Morgan fingerprint density at radius 1 is 1.38 bits per heavy atom. The smallest absolute Gasteiger partial charge is 0.321 e. The van der Waals surface area contributed by atoms with Crippen LogP contribution in [0, 0.1) is 5.92 Å². The van der Waals surface area contributed by atoms with E-state index in [1.165, 1.54) is 12.8 Å². The van der Waals surface area contributed by atoms with Gasteiger partial charge in [-0.15, -0.1) is 0 Å². The molecule has 26 heavy (non-hydrogen) atoms. The van der Waals surface area contributed by atoms with E-state index >= 15 is 0 Å². The zero-order valence-corrected chi connectivity index (χ0v) is 15.0. The van der Waals surface area contributed by atoms with Crippen LogP contribution in [0.1, 0.15) is 43.3 Å². The molecule has 4 rings (SSSR count). The molecule has 1 saturated carbocycles. The summed E-state index contributed by atoms with van der Waals surface area (Å²) < 4.78 is 10.6. The van der Waals surface area contributed by atoms with Gasteiger partial charge in [-0.05, 0) is 43.7 Å². The lowest BCUT2D eigenvalue weighted by molar-refractivity contribution is 0.173. The van der Waals surface area contributed by atoms with Crippen molar-refractivity contribution in [3.8, 4) is 5.75 Å². The van der Waals surface area contributed by atoms with Crippen molar-refractivity contribution in [1.29, 1.82) is 0 Å². The van der Waals surface area contributed by atoms with Crippen molar-refractivity contribution < 1.29 is 14.1 Å². The number of hydrogen-bond donors (Lipinski definition) is 1. The molecule has 0 radical (unpaired) electrons. The molecule has 0 bridgehead atoms. The van der Waals surface area contributed by atoms with E-state index in [0.29, 0.717) is 24.3 Å². The zero-order chi connectivity index (χ0) is 17.9. The van der Waals surface area contributed by atoms with Gasteiger partial charge >= 0.3 is 6.03 Å². The Kier molecular flexibility index (Phi) is 4.77. The zero-order valence-electron chi connectivity index (χ0n) is 15.0. The Morgan fingerprint density at radius 2 is 2.27 bits per heavy atom. The summed E-state index contributed by atoms with van der Waals surface area (Å²) in [5.74, 6) is 3.13. The first-order valence-electron chi connectivity index (χ1n) is 9.23. The average molecular weight is 356 g/mol. The molecule has 1 saturated heterocycles. The van der Waals surface area contributed by atoms with Gasteiger partial charge in [0.25, 0.3) is 0 Å². The number of nitrogens with zero attached hydrogens (tertiary/aromatic N) is 3. The highest BCUT2D eigenvalue weighted by Crippen LogP contribution is 2.38. The monoisotopic (exact) mass is 356 g/mol. The summed E-state index contributed by atoms with van der Waals surface area (Å²) in [6.45, 7) is 1.47. The van der Waals surface area contributed by atoms with E-state index in [1.807, 2.05) is 29.2 Å². The largest absolute Gasteiger partial charge is 0.497 e. The van der Waals surface area contributed by atoms with Gasteiger partial charge in [0.1, 0.15) is 5.75 Å². The van der Waals surface area contributed by atoms with E-state index in [1.54, 1.807) is 7.11 Å². The van der Waals surface area contributed by atoms with Crippen molar-refractivity contribution in [2.24, 2.45) is 5.92 Å². The molecule has 1 aromatic heterocycles. The van der Waals surface area contributed by atoms with E-state index in [0.717, 1.165) is 43.1 Å². The van der Waals surface area contributed by atoms with Crippen LogP contribution in [0.5, 0.6) is 5.75 Å². The number of benzene rings is 1. The topological polar surface area (TPSA) is 80.5 Å². The summed E-state index contributed by atoms with van der Waals surface area (Å²) in [6.07, 6.45) is 5.13. The number of hydrogen-bond acceptors (Lipinski definition) is 5. The molecule has 0 spiro atoms. The number of anilines is 1. The van der Waals surface area contributed by atoms with Gasteiger partial charge in [0.05, 0.1) is 7.11 Å². The van der Waals surface area contributed by atoms with Crippen molar-refractivity contribution in [3.63, 3.8) is 0 Å². The molecule has 1 unspecified atom stereocenters. The molecule has 1 aromatic carbocycles. The Labute approximate surface area is 152 Å². The first kappa shape index (κ1) is 16.9. The van der Waals surface area contributed by atoms with Crippen LogP contribution in [0.25, 0.3) is 0 Å². The SMILES string of the molecule is COc1cccc(NC(=O)N2CCCC(Cc3nc(C4CC4)no3)C2)c1. The quantitative estimate of drug-likeness (QED) is 0.887. The molecule has 138 valence electrons. The summed E-state index contributed by atoms with van der Waals surface area (Å²) in [5, 5.41) is 7.03. The summed E-state index contributed by atoms with van der Waals surface area (Å²) in [5.41, 5.74) is 0.738. The number of piperidine rings is 1. The highest BCUT2D eigenvalue weighted by atomic mass is 16.5. The fraction of sp³-hybridized carbons (Fsp3) is 0.526. The predicted octanol–water partition coefficient (Wildman–Crippen LogP) is 3.44. The number of urea groups is 1. The van der Waals surface area contributed by atoms with Gasteiger partial charge in [-0.1, -0.05) is 11.2 Å². The van der Waals surface area contributed by atoms with Crippen molar-refractivity contribution in [3.05, 3.63) is 36.0 Å². The maximum atomic E-state index is 12.6. The normalized spacial score (nSPS) is 20.0. The van der Waals surface area contributed by atoms with Crippen LogP contribution in [-0.2, 0) is 6.42 Å². The van der Waals surface area contributed by atoms with Gasteiger partial charge in [-0.25, -0.2) is 4.79 Å². The minimum absolute atomic E-state index is 0.0767. The number of nitrogens with one attached hydrogen (secondary N) is 1. The van der Waals surface area contributed by atoms with Crippen LogP contribution in [0.4, 0.5) is 10.5 Å². The molecule has 1 aliphatic heterocycles. The number of carbonyl (C=O) groups excluding carboxylic acids is 1. The Hall–Kier alpha value is -2.57. The highest BCUT2D eigenvalue weighted by molar-refractivity contribution is 5.89. The second-order valence-electron chi connectivity index (χ2n) is 7.14. The molecule has 7 nitrogen and oxygen atoms in total. The first-order chi connectivity index (χ1) is 12.7. The molecule has 2 fully saturated rings. The lowest BCUT2D eigenvalue weighted by Crippen LogP contribution is -2.42. The lowest BCUT2D eigenvalue weighted by atomic mass is 9.95. The molecular weight excluding hydrogens is 332 g/mol. The fourth-order valence-corrected chi connectivity index (χ4v) is 3.42. The summed E-state index contributed by atoms with van der Waals surface area (Å²) in [7, 11) is 1.61. The van der Waals surface area contributed by atoms with Crippen molar-refractivity contribution in [2.75, 3.05) is 25.5 Å². The molecule has 2 aromatic rings. The molecular formula is C19H24N4O3. The van der Waals surface area contributed by atoms with Crippen LogP contribution in [0.3, 0.4) is 0 Å². The highest BCUT2D eigenvalue weighted by Gasteiger charge is 2.30. The van der Waals surface area contributed by atoms with E-state index in [2.05, 4.69) is 15.5 Å². The Morgan fingerprint density at radius 3 is 3.08 bits per heavy atom. The number of methoxy groups -OCH3 is 1. The van der Waals surface area contributed by atoms with Crippen molar-refractivity contribution in [1.82, 2.24) is 15.0 Å². The molecule has 1 aliphatic carbocycles. The molecule has 1 atom stereocenters. The number of ether oxygens (including phenoxy) is 1. The van der Waals surface area contributed by atoms with Crippen LogP contribution in [0.2, 0.25) is 0 Å². The maximum absolute atomic E-state index is 12.6. The third kappa shape index (κ3) is 3.98. The first-order valence-corrected chi connectivity index (χ1v) is 9.23. The number of rotatable bonds is 5. The van der Waals surface area contributed by atoms with Crippen LogP contribution >= 0.6 is 0 Å². The minimum atomic E-state index is -0.0767. The van der Waals surface area contributed by atoms with Gasteiger partial charge in [0.15, 0.2) is 5.82 Å². The Balaban J connectivity index is 1.33. The van der Waals surface area contributed by atoms with Crippen LogP contribution < -0.4 is 10.1 Å². The van der Waals surface area contributed by atoms with E-state index in [9.17, 15) is 4.79 Å². The summed E-state index contributed by atoms with van der Waals surface area (Å²) >= 11 is 0. The standard InChI is InChI=1S/C19H24N4O3/c1-25-16-6-2-5-15(11-16)20-19(24)23-9-3-4-13(12-23)10-17-21-18(22-26-17)14-7-8-14/h2,5-6,11,13-14H,3-4,7-10,12H2,1H3,(H,20,24). The molecule has 2 amide bonds. The van der Waals surface area contributed by atoms with Gasteiger partial charge < -0.3 is 19.5 Å². The summed E-state index contributed by atoms with van der Waals surface area (Å²) in [6, 6.07) is 7.32. The Bertz CT molecular complexity index is 772. The van der Waals surface area contributed by atoms with Gasteiger partial charge in [-0.2, -0.15) is 4.98 Å². The lowest BCUT2D eigenvalue weighted by Gasteiger charge is -2.32. The van der Waals surface area contributed by atoms with Crippen molar-refractivity contribution in [2.45, 2.75) is 38.0 Å². The summed E-state index contributed by atoms with van der Waals surface area (Å²) in [4.78, 5) is 19.0. The van der Waals surface area contributed by atoms with Gasteiger partial charge in [0, 0.05) is 37.2 Å². The van der Waals surface area contributed by atoms with Gasteiger partial charge in [0.2, 0.25) is 5.89 Å². The van der Waals surface area contributed by atoms with Crippen LogP contribution in [0.15, 0.2) is 28.8 Å². The molecule has 1 N–H and O–H groups in total. The third-order valence-corrected chi connectivity index (χ3v) is 5.02. The molecule has 2 aliphatic rings. The second-order valence-corrected chi connectivity index (χ2v) is 7.14. The van der Waals surface area contributed by atoms with E-state index in [4.69, 9.17) is 9.26 Å². The predicted molar refractivity (Wildman–Crippen MR) is 96.3 cm³/mol. The fourth-order valence-electron chi connectivity index (χ4n) is 3.42. The number of aromatic nitrogens is 2. The van der Waals surface area contributed by atoms with Crippen molar-refractivity contribution >= 4 is 11.7 Å². The van der Waals surface area contributed by atoms with Crippen LogP contribution in [-0.4, -0.2) is 41.3 Å². The van der Waals surface area contributed by atoms with E-state index in [-0.39, 0.29) is 6.03 Å². The second kappa shape index (κ2) is 7.35. The van der Waals surface area contributed by atoms with E-state index < -0.39 is 0 Å². The molecule has 2 heterocycles.